The van der Waals surface area contributed by atoms with Crippen LogP contribution in [-0.4, -0.2) is 6.79 Å². The first-order valence-electron chi connectivity index (χ1n) is 19.6. The molecule has 9 rings (SSSR count). The van der Waals surface area contributed by atoms with Gasteiger partial charge < -0.3 is 4.79 Å². The standard InChI is InChI=1S/2C18H15P.C18H14P.CHO.Ru.H/c3*1-4-10-16(11-5-1)19(17-12-6-2-7-13-17)18-14-8-3-9-15-18;1-2;;/h2*1-15H;1-14H;1H;;/q;;2*-1;+2;/p+3. The summed E-state index contributed by atoms with van der Waals surface area (Å²) in [6.45, 7) is 3.25. The van der Waals surface area contributed by atoms with Crippen LogP contribution in [0.5, 0.6) is 0 Å². The Labute approximate surface area is 373 Å². The average molecular weight is 920 g/mol. The van der Waals surface area contributed by atoms with Crippen LogP contribution in [0.1, 0.15) is 0 Å². The van der Waals surface area contributed by atoms with Gasteiger partial charge in [-0.1, -0.05) is 146 Å². The van der Waals surface area contributed by atoms with Crippen LogP contribution in [0.2, 0.25) is 0 Å². The minimum absolute atomic E-state index is 0. The number of hydrogen-bond donors (Lipinski definition) is 0. The summed E-state index contributed by atoms with van der Waals surface area (Å²) in [5.41, 5.74) is 0. The summed E-state index contributed by atoms with van der Waals surface area (Å²) >= 11 is 0. The molecule has 0 aliphatic heterocycles. The second kappa shape index (κ2) is 25.9. The summed E-state index contributed by atoms with van der Waals surface area (Å²) in [7, 11) is -2.69. The van der Waals surface area contributed by atoms with Gasteiger partial charge in [-0.15, -0.1) is 12.1 Å². The molecule has 0 aliphatic carbocycles. The van der Waals surface area contributed by atoms with E-state index in [1.54, 1.807) is 0 Å². The zero-order valence-electron chi connectivity index (χ0n) is 33.3. The van der Waals surface area contributed by atoms with Crippen molar-refractivity contribution in [2.45, 2.75) is 0 Å². The van der Waals surface area contributed by atoms with Gasteiger partial charge in [0.25, 0.3) is 0 Å². The van der Waals surface area contributed by atoms with Crippen LogP contribution in [0, 0.1) is 6.07 Å². The van der Waals surface area contributed by atoms with Crippen molar-refractivity contribution in [3.8, 4) is 0 Å². The largest absolute Gasteiger partial charge is 0.173 e. The van der Waals surface area contributed by atoms with E-state index >= 15 is 0 Å². The van der Waals surface area contributed by atoms with Gasteiger partial charge in [0.2, 0.25) is 0 Å². The third-order valence-electron chi connectivity index (χ3n) is 9.48. The van der Waals surface area contributed by atoms with Crippen LogP contribution in [0.15, 0.2) is 267 Å². The Morgan fingerprint density at radius 1 is 0.250 bits per heavy atom. The van der Waals surface area contributed by atoms with Crippen molar-refractivity contribution >= 4 is 78.3 Å². The molecule has 0 spiro atoms. The van der Waals surface area contributed by atoms with Gasteiger partial charge in [0.1, 0.15) is 31.8 Å². The maximum absolute atomic E-state index is 7.75. The van der Waals surface area contributed by atoms with Crippen LogP contribution in [0.3, 0.4) is 0 Å². The molecule has 9 aromatic rings. The second-order valence-electron chi connectivity index (χ2n) is 13.3. The monoisotopic (exact) mass is 920 g/mol. The molecule has 1 nitrogen and oxygen atoms in total. The summed E-state index contributed by atoms with van der Waals surface area (Å²) in [6.07, 6.45) is 0. The van der Waals surface area contributed by atoms with E-state index in [2.05, 4.69) is 268 Å². The van der Waals surface area contributed by atoms with Crippen LogP contribution in [0.4, 0.5) is 0 Å². The fourth-order valence-corrected chi connectivity index (χ4v) is 14.5. The zero-order chi connectivity index (χ0) is 40.7. The maximum Gasteiger partial charge on any atom is 0.102 e. The fraction of sp³-hybridized carbons (Fsp3) is 0. The topological polar surface area (TPSA) is 17.1 Å². The van der Waals surface area contributed by atoms with Crippen LogP contribution < -0.4 is 47.7 Å². The molecule has 295 valence electrons. The van der Waals surface area contributed by atoms with Crippen LogP contribution in [-0.2, 0) is 24.3 Å². The van der Waals surface area contributed by atoms with Gasteiger partial charge in [0, 0.05) is 0 Å². The Morgan fingerprint density at radius 3 is 0.617 bits per heavy atom. The van der Waals surface area contributed by atoms with Crippen LogP contribution >= 0.6 is 23.8 Å². The van der Waals surface area contributed by atoms with E-state index in [0.29, 0.717) is 0 Å². The van der Waals surface area contributed by atoms with Crippen molar-refractivity contribution in [2.24, 2.45) is 0 Å². The SMILES string of the molecule is [CH-]=O.[RuH+2].[c-]1ccccc1[PH+](c1ccccc1)c1ccccc1.c1ccc([PH+](c2ccccc2)c2ccccc2)cc1.c1ccc([PH+](c2ccccc2)c2ccccc2)cc1. The van der Waals surface area contributed by atoms with E-state index in [-0.39, 0.29) is 19.5 Å². The van der Waals surface area contributed by atoms with Crippen LogP contribution in [0.25, 0.3) is 0 Å². The molecule has 0 fully saturated rings. The molecule has 0 unspecified atom stereocenters. The van der Waals surface area contributed by atoms with E-state index in [0.717, 1.165) is 0 Å². The summed E-state index contributed by atoms with van der Waals surface area (Å²) in [5.74, 6) is 0. The average Bonchev–Trinajstić information content (AvgIpc) is 3.34. The van der Waals surface area contributed by atoms with E-state index < -0.39 is 23.8 Å². The van der Waals surface area contributed by atoms with Crippen molar-refractivity contribution < 1.29 is 24.3 Å². The van der Waals surface area contributed by atoms with Gasteiger partial charge in [0.15, 0.2) is 0 Å². The molecule has 5 heteroatoms. The molecule has 0 atom stereocenters. The van der Waals surface area contributed by atoms with Crippen molar-refractivity contribution in [1.82, 2.24) is 0 Å². The minimum atomic E-state index is -0.933. The first-order valence-corrected chi connectivity index (χ1v) is 24.1. The summed E-state index contributed by atoms with van der Waals surface area (Å²) in [6, 6.07) is 98.2. The zero-order valence-corrected chi connectivity index (χ0v) is 38.1. The first-order chi connectivity index (χ1) is 29.3. The Hall–Kier alpha value is -5.44. The number of rotatable bonds is 9. The van der Waals surface area contributed by atoms with E-state index in [1.165, 1.54) is 47.7 Å². The first kappa shape index (κ1) is 45.6. The molecular formula is C55H49OP3Ru+3. The molecule has 0 saturated carbocycles. The predicted molar refractivity (Wildman–Crippen MR) is 267 cm³/mol. The molecular weight excluding hydrogens is 871 g/mol. The van der Waals surface area contributed by atoms with E-state index in [9.17, 15) is 0 Å². The smallest absolute Gasteiger partial charge is 0.102 e. The Bertz CT molecular complexity index is 1890. The number of hydrogen-bond acceptors (Lipinski definition) is 1. The molecule has 0 amide bonds. The summed E-state index contributed by atoms with van der Waals surface area (Å²) in [5, 5.41) is 12.7. The molecule has 0 N–H and O–H groups in total. The number of carbonyl (C=O) groups excluding carboxylic acids is 1. The van der Waals surface area contributed by atoms with Crippen molar-refractivity contribution in [3.63, 3.8) is 0 Å². The molecule has 0 bridgehead atoms. The normalized spacial score (nSPS) is 10.1. The Morgan fingerprint density at radius 2 is 0.433 bits per heavy atom. The molecule has 0 aromatic heterocycles. The molecule has 0 heterocycles. The van der Waals surface area contributed by atoms with Gasteiger partial charge in [-0.25, -0.2) is 0 Å². The van der Waals surface area contributed by atoms with Crippen molar-refractivity contribution in [2.75, 3.05) is 0 Å². The molecule has 60 heavy (non-hydrogen) atoms. The number of benzene rings is 9. The van der Waals surface area contributed by atoms with Gasteiger partial charge in [0.05, 0.1) is 34.4 Å². The van der Waals surface area contributed by atoms with Gasteiger partial charge in [-0.05, 0) is 102 Å². The summed E-state index contributed by atoms with van der Waals surface area (Å²) in [4.78, 5) is 7.75. The quantitative estimate of drug-likeness (QED) is 0.0613. The predicted octanol–water partition coefficient (Wildman–Crippen LogP) is 8.79. The van der Waals surface area contributed by atoms with E-state index in [1.807, 2.05) is 12.1 Å². The minimum Gasteiger partial charge on any atom is -0.173 e. The van der Waals surface area contributed by atoms with Crippen molar-refractivity contribution in [3.05, 3.63) is 273 Å². The van der Waals surface area contributed by atoms with Gasteiger partial charge >= 0.3 is 19.5 Å². The second-order valence-corrected chi connectivity index (χ2v) is 20.7. The maximum atomic E-state index is 7.75. The molecule has 0 radical (unpaired) electrons. The molecule has 0 aliphatic rings. The fourth-order valence-electron chi connectivity index (χ4n) is 6.87. The van der Waals surface area contributed by atoms with Gasteiger partial charge in [-0.2, -0.15) is 18.2 Å². The summed E-state index contributed by atoms with van der Waals surface area (Å²) < 4.78 is 0. The third kappa shape index (κ3) is 13.3. The molecule has 0 saturated heterocycles. The van der Waals surface area contributed by atoms with Gasteiger partial charge in [-0.3, -0.25) is 6.79 Å². The third-order valence-corrected chi connectivity index (χ3v) is 17.6. The van der Waals surface area contributed by atoms with Crippen molar-refractivity contribution in [1.29, 1.82) is 0 Å². The Kier molecular flexibility index (Phi) is 19.7. The Balaban J connectivity index is 0.000000166. The molecule has 9 aromatic carbocycles. The van der Waals surface area contributed by atoms with E-state index in [4.69, 9.17) is 4.79 Å².